The van der Waals surface area contributed by atoms with Crippen LogP contribution in [0.2, 0.25) is 0 Å². The molecule has 1 saturated heterocycles. The van der Waals surface area contributed by atoms with Crippen LogP contribution >= 0.6 is 0 Å². The summed E-state index contributed by atoms with van der Waals surface area (Å²) >= 11 is 0. The molecule has 70 valence electrons. The number of rotatable bonds is 2. The van der Waals surface area contributed by atoms with E-state index in [4.69, 9.17) is 4.74 Å². The van der Waals surface area contributed by atoms with E-state index in [1.54, 1.807) is 13.8 Å². The van der Waals surface area contributed by atoms with Crippen LogP contribution in [0, 0.1) is 10.1 Å². The van der Waals surface area contributed by atoms with Crippen LogP contribution in [-0.4, -0.2) is 23.4 Å². The van der Waals surface area contributed by atoms with Crippen LogP contribution < -0.4 is 0 Å². The fourth-order valence-corrected chi connectivity index (χ4v) is 1.33. The lowest BCUT2D eigenvalue weighted by molar-refractivity contribution is -0.773. The highest BCUT2D eigenvalue weighted by molar-refractivity contribution is 4.82. The Bertz CT molecular complexity index is 180. The second kappa shape index (κ2) is 3.26. The van der Waals surface area contributed by atoms with E-state index >= 15 is 0 Å². The Morgan fingerprint density at radius 3 is 2.83 bits per heavy atom. The molecule has 0 aromatic rings. The van der Waals surface area contributed by atoms with Crippen molar-refractivity contribution >= 4 is 0 Å². The molecule has 5 nitrogen and oxygen atoms in total. The van der Waals surface area contributed by atoms with E-state index in [9.17, 15) is 10.1 Å². The third kappa shape index (κ3) is 2.07. The van der Waals surface area contributed by atoms with Gasteiger partial charge < -0.3 is 9.57 Å². The van der Waals surface area contributed by atoms with Gasteiger partial charge in [-0.2, -0.15) is 0 Å². The molecule has 0 saturated carbocycles. The monoisotopic (exact) mass is 175 g/mol. The second-order valence-corrected chi connectivity index (χ2v) is 3.41. The van der Waals surface area contributed by atoms with Crippen molar-refractivity contribution in [3.05, 3.63) is 10.1 Å². The van der Waals surface area contributed by atoms with E-state index in [1.807, 2.05) is 0 Å². The largest absolute Gasteiger partial charge is 0.373 e. The predicted molar refractivity (Wildman–Crippen MR) is 41.1 cm³/mol. The zero-order valence-corrected chi connectivity index (χ0v) is 7.28. The van der Waals surface area contributed by atoms with E-state index < -0.39 is 16.8 Å². The highest BCUT2D eigenvalue weighted by Crippen LogP contribution is 2.26. The Balaban J connectivity index is 2.54. The fourth-order valence-electron chi connectivity index (χ4n) is 1.33. The zero-order chi connectivity index (χ0) is 9.19. The van der Waals surface area contributed by atoms with Gasteiger partial charge in [-0.05, 0) is 26.7 Å². The Morgan fingerprint density at radius 2 is 2.33 bits per heavy atom. The molecule has 0 aliphatic carbocycles. The molecule has 0 bridgehead atoms. The van der Waals surface area contributed by atoms with E-state index in [-0.39, 0.29) is 0 Å². The molecule has 1 unspecified atom stereocenters. The van der Waals surface area contributed by atoms with Crippen molar-refractivity contribution in [3.8, 4) is 0 Å². The summed E-state index contributed by atoms with van der Waals surface area (Å²) in [5, 5.41) is 9.33. The first-order valence-corrected chi connectivity index (χ1v) is 3.97. The van der Waals surface area contributed by atoms with Gasteiger partial charge in [-0.1, -0.05) is 0 Å². The minimum atomic E-state index is -0.749. The molecule has 1 atom stereocenters. The van der Waals surface area contributed by atoms with Gasteiger partial charge in [0, 0.05) is 6.61 Å². The van der Waals surface area contributed by atoms with Gasteiger partial charge in [0.2, 0.25) is 0 Å². The maximum Gasteiger partial charge on any atom is 0.294 e. The lowest BCUT2D eigenvalue weighted by Crippen LogP contribution is -2.45. The minimum Gasteiger partial charge on any atom is -0.373 e. The van der Waals surface area contributed by atoms with Gasteiger partial charge in [0.15, 0.2) is 0 Å². The van der Waals surface area contributed by atoms with Gasteiger partial charge in [-0.25, -0.2) is 0 Å². The first-order chi connectivity index (χ1) is 5.52. The van der Waals surface area contributed by atoms with Gasteiger partial charge in [-0.3, -0.25) is 0 Å². The van der Waals surface area contributed by atoms with Crippen LogP contribution in [0.3, 0.4) is 0 Å². The molecule has 0 N–H and O–H groups in total. The molecule has 12 heavy (non-hydrogen) atoms. The maximum atomic E-state index is 10.1. The lowest BCUT2D eigenvalue weighted by Gasteiger charge is -2.36. The minimum absolute atomic E-state index is 0.429. The molecule has 0 radical (unpaired) electrons. The number of ether oxygens (including phenoxy) is 1. The lowest BCUT2D eigenvalue weighted by atomic mass is 9.95. The predicted octanol–water partition coefficient (Wildman–Crippen LogP) is 1.15. The number of hydrogen-bond acceptors (Lipinski definition) is 4. The third-order valence-corrected chi connectivity index (χ3v) is 2.07. The molecule has 1 rings (SSSR count). The second-order valence-electron chi connectivity index (χ2n) is 3.41. The van der Waals surface area contributed by atoms with E-state index in [0.29, 0.717) is 13.0 Å². The average Bonchev–Trinajstić information content (AvgIpc) is 1.92. The summed E-state index contributed by atoms with van der Waals surface area (Å²) in [6, 6.07) is 0. The molecule has 0 spiro atoms. The third-order valence-electron chi connectivity index (χ3n) is 2.07. The molecule has 1 fully saturated rings. The molecule has 1 heterocycles. The van der Waals surface area contributed by atoms with Crippen molar-refractivity contribution in [2.45, 2.75) is 38.4 Å². The average molecular weight is 175 g/mol. The molecule has 5 heteroatoms. The van der Waals surface area contributed by atoms with E-state index in [0.717, 1.165) is 6.42 Å². The van der Waals surface area contributed by atoms with Gasteiger partial charge in [0.1, 0.15) is 6.10 Å². The van der Waals surface area contributed by atoms with Crippen LogP contribution in [0.1, 0.15) is 26.7 Å². The Hall–Kier alpha value is -0.840. The van der Waals surface area contributed by atoms with Gasteiger partial charge in [0.25, 0.3) is 5.09 Å². The van der Waals surface area contributed by atoms with Crippen LogP contribution in [0.5, 0.6) is 0 Å². The first kappa shape index (κ1) is 9.25. The molecular formula is C7H13NO4. The summed E-state index contributed by atoms with van der Waals surface area (Å²) in [5.74, 6) is 0. The first-order valence-electron chi connectivity index (χ1n) is 3.97. The fraction of sp³-hybridized carbons (Fsp3) is 1.00. The van der Waals surface area contributed by atoms with Gasteiger partial charge in [0.05, 0.1) is 5.60 Å². The number of hydrogen-bond donors (Lipinski definition) is 0. The standard InChI is InChI=1S/C7H13NO4/c1-7(2)6(12-8(9)10)4-3-5-11-7/h6H,3-5H2,1-2H3. The van der Waals surface area contributed by atoms with Crippen molar-refractivity contribution in [3.63, 3.8) is 0 Å². The molecule has 0 aromatic carbocycles. The van der Waals surface area contributed by atoms with Gasteiger partial charge >= 0.3 is 0 Å². The Kier molecular flexibility index (Phi) is 2.52. The molecule has 0 amide bonds. The van der Waals surface area contributed by atoms with E-state index in [1.165, 1.54) is 0 Å². The molecule has 1 aliphatic heterocycles. The van der Waals surface area contributed by atoms with Crippen molar-refractivity contribution in [1.82, 2.24) is 0 Å². The summed E-state index contributed by atoms with van der Waals surface area (Å²) in [6.45, 7) is 4.27. The molecule has 1 aliphatic rings. The highest BCUT2D eigenvalue weighted by atomic mass is 17.0. The topological polar surface area (TPSA) is 61.6 Å². The summed E-state index contributed by atoms with van der Waals surface area (Å²) in [7, 11) is 0. The maximum absolute atomic E-state index is 10.1. The van der Waals surface area contributed by atoms with E-state index in [2.05, 4.69) is 4.84 Å². The van der Waals surface area contributed by atoms with Crippen LogP contribution in [0.4, 0.5) is 0 Å². The SMILES string of the molecule is CC1(C)OCCCC1O[N+](=O)[O-]. The summed E-state index contributed by atoms with van der Waals surface area (Å²) < 4.78 is 5.35. The summed E-state index contributed by atoms with van der Waals surface area (Å²) in [5.41, 5.74) is -0.536. The molecular weight excluding hydrogens is 162 g/mol. The summed E-state index contributed by atoms with van der Waals surface area (Å²) in [6.07, 6.45) is 1.08. The van der Waals surface area contributed by atoms with Crippen molar-refractivity contribution in [2.75, 3.05) is 6.61 Å². The Labute approximate surface area is 70.8 Å². The smallest absolute Gasteiger partial charge is 0.294 e. The molecule has 0 aromatic heterocycles. The van der Waals surface area contributed by atoms with Crippen molar-refractivity contribution in [2.24, 2.45) is 0 Å². The number of nitrogens with zero attached hydrogens (tertiary/aromatic N) is 1. The Morgan fingerprint density at radius 1 is 1.67 bits per heavy atom. The highest BCUT2D eigenvalue weighted by Gasteiger charge is 2.36. The van der Waals surface area contributed by atoms with Crippen LogP contribution in [0.15, 0.2) is 0 Å². The van der Waals surface area contributed by atoms with Crippen molar-refractivity contribution in [1.29, 1.82) is 0 Å². The quantitative estimate of drug-likeness (QED) is 0.466. The van der Waals surface area contributed by atoms with Crippen LogP contribution in [0.25, 0.3) is 0 Å². The van der Waals surface area contributed by atoms with Gasteiger partial charge in [-0.15, -0.1) is 10.1 Å². The van der Waals surface area contributed by atoms with Crippen molar-refractivity contribution < 1.29 is 14.7 Å². The summed E-state index contributed by atoms with van der Waals surface area (Å²) in [4.78, 5) is 14.6. The normalized spacial score (nSPS) is 28.0. The van der Waals surface area contributed by atoms with Crippen LogP contribution in [-0.2, 0) is 9.57 Å². The zero-order valence-electron chi connectivity index (χ0n) is 7.28.